The number of hydrogen-bond acceptors (Lipinski definition) is 10. The van der Waals surface area contributed by atoms with Gasteiger partial charge in [0, 0.05) is 11.7 Å². The first-order valence-corrected chi connectivity index (χ1v) is 14.2. The Morgan fingerprint density at radius 3 is 2.67 bits per heavy atom. The third-order valence-electron chi connectivity index (χ3n) is 5.41. The van der Waals surface area contributed by atoms with Crippen LogP contribution in [0.2, 0.25) is 0 Å². The van der Waals surface area contributed by atoms with E-state index in [1.165, 1.54) is 53.3 Å². The summed E-state index contributed by atoms with van der Waals surface area (Å²) in [6.07, 6.45) is 1.46. The number of esters is 2. The van der Waals surface area contributed by atoms with E-state index < -0.39 is 31.4 Å². The molecular formula is C25H25FN5O6PS. The number of benzene rings is 2. The zero-order valence-electron chi connectivity index (χ0n) is 21.0. The van der Waals surface area contributed by atoms with Gasteiger partial charge in [0.25, 0.3) is 0 Å². The maximum atomic E-state index is 16.1. The number of fused-ring (bicyclic) bond motifs is 1. The first-order valence-electron chi connectivity index (χ1n) is 11.7. The molecule has 0 bridgehead atoms. The lowest BCUT2D eigenvalue weighted by Crippen LogP contribution is -2.35. The monoisotopic (exact) mass is 573 g/mol. The van der Waals surface area contributed by atoms with Gasteiger partial charge >= 0.3 is 19.5 Å². The molecule has 2 aromatic carbocycles. The second-order valence-corrected chi connectivity index (χ2v) is 11.5. The fourth-order valence-corrected chi connectivity index (χ4v) is 6.29. The number of carbonyl (C=O) groups is 2. The highest BCUT2D eigenvalue weighted by Gasteiger charge is 2.41. The van der Waals surface area contributed by atoms with Crippen molar-refractivity contribution in [2.24, 2.45) is 7.05 Å². The van der Waals surface area contributed by atoms with Crippen molar-refractivity contribution < 1.29 is 32.5 Å². The van der Waals surface area contributed by atoms with E-state index in [4.69, 9.17) is 14.0 Å². The fraction of sp³-hybridized carbons (Fsp3) is 0.240. The van der Waals surface area contributed by atoms with Gasteiger partial charge in [0.15, 0.2) is 12.4 Å². The predicted octanol–water partition coefficient (Wildman–Crippen LogP) is 4.73. The lowest BCUT2D eigenvalue weighted by Gasteiger charge is -2.26. The number of para-hydroxylation sites is 1. The van der Waals surface area contributed by atoms with Gasteiger partial charge in [-0.25, -0.2) is 19.0 Å². The summed E-state index contributed by atoms with van der Waals surface area (Å²) in [6.45, 7) is 4.72. The maximum Gasteiger partial charge on any atom is 0.355 e. The second-order valence-electron chi connectivity index (χ2n) is 8.31. The second kappa shape index (κ2) is 12.3. The van der Waals surface area contributed by atoms with E-state index in [0.717, 1.165) is 0 Å². The zero-order chi connectivity index (χ0) is 28.0. The van der Waals surface area contributed by atoms with E-state index in [2.05, 4.69) is 27.2 Å². The van der Waals surface area contributed by atoms with Crippen molar-refractivity contribution in [2.75, 3.05) is 6.61 Å². The number of aromatic nitrogens is 4. The van der Waals surface area contributed by atoms with E-state index in [1.807, 2.05) is 0 Å². The van der Waals surface area contributed by atoms with Crippen LogP contribution in [0.4, 0.5) is 4.39 Å². The van der Waals surface area contributed by atoms with Gasteiger partial charge in [0.05, 0.1) is 0 Å². The zero-order valence-corrected chi connectivity index (χ0v) is 22.7. The summed E-state index contributed by atoms with van der Waals surface area (Å²) >= 11 is 1.18. The third kappa shape index (κ3) is 6.75. The van der Waals surface area contributed by atoms with Gasteiger partial charge in [-0.1, -0.05) is 36.9 Å². The molecule has 2 heterocycles. The molecule has 2 unspecified atom stereocenters. The van der Waals surface area contributed by atoms with Gasteiger partial charge in [0.2, 0.25) is 5.91 Å². The predicted molar refractivity (Wildman–Crippen MR) is 142 cm³/mol. The smallest absolute Gasteiger partial charge is 0.355 e. The average Bonchev–Trinajstić information content (AvgIpc) is 3.55. The van der Waals surface area contributed by atoms with E-state index in [0.29, 0.717) is 20.8 Å². The van der Waals surface area contributed by atoms with Crippen molar-refractivity contribution in [1.29, 1.82) is 0 Å². The molecule has 4 aromatic rings. The van der Waals surface area contributed by atoms with Crippen molar-refractivity contribution in [1.82, 2.24) is 25.3 Å². The van der Waals surface area contributed by atoms with Crippen molar-refractivity contribution in [3.8, 4) is 5.75 Å². The van der Waals surface area contributed by atoms with Crippen LogP contribution in [0.1, 0.15) is 33.9 Å². The molecule has 14 heteroatoms. The minimum absolute atomic E-state index is 0.0313. The lowest BCUT2D eigenvalue weighted by molar-refractivity contribution is -0.146. The summed E-state index contributed by atoms with van der Waals surface area (Å²) in [6, 6.07) is 13.0. The molecule has 0 radical (unpaired) electrons. The van der Waals surface area contributed by atoms with Crippen molar-refractivity contribution in [3.05, 3.63) is 83.5 Å². The Morgan fingerprint density at radius 2 is 1.97 bits per heavy atom. The summed E-state index contributed by atoms with van der Waals surface area (Å²) in [5, 5.41) is 13.9. The molecule has 0 spiro atoms. The maximum absolute atomic E-state index is 16.1. The fourth-order valence-electron chi connectivity index (χ4n) is 3.44. The molecule has 0 aliphatic heterocycles. The van der Waals surface area contributed by atoms with Gasteiger partial charge in [-0.3, -0.25) is 9.36 Å². The van der Waals surface area contributed by atoms with Crippen LogP contribution < -0.4 is 9.61 Å². The molecule has 39 heavy (non-hydrogen) atoms. The number of rotatable bonds is 12. The lowest BCUT2D eigenvalue weighted by atomic mass is 10.2. The highest BCUT2D eigenvalue weighted by atomic mass is 32.1. The van der Waals surface area contributed by atoms with Crippen molar-refractivity contribution in [3.63, 3.8) is 0 Å². The SMILES string of the molecule is C=CCOC(=O)c1cc2cc(C(F)P(=O)(N[C@@H](C)C(=O)OCc3nnnn3C)Oc3ccccc3)ccc2s1. The third-order valence-corrected chi connectivity index (χ3v) is 8.63. The molecule has 0 saturated carbocycles. The Hall–Kier alpha value is -3.93. The van der Waals surface area contributed by atoms with Crippen LogP contribution >= 0.6 is 18.9 Å². The van der Waals surface area contributed by atoms with Gasteiger partial charge < -0.3 is 14.0 Å². The van der Waals surface area contributed by atoms with E-state index >= 15 is 4.39 Å². The Labute approximate surface area is 227 Å². The van der Waals surface area contributed by atoms with Gasteiger partial charge in [-0.2, -0.15) is 0 Å². The van der Waals surface area contributed by atoms with Gasteiger partial charge in [-0.05, 0) is 58.6 Å². The van der Waals surface area contributed by atoms with Crippen LogP contribution in [0.5, 0.6) is 5.75 Å². The number of alkyl halides is 1. The van der Waals surface area contributed by atoms with Crippen LogP contribution in [-0.2, 0) is 32.5 Å². The number of thiophene rings is 1. The number of halogens is 1. The molecule has 204 valence electrons. The highest BCUT2D eigenvalue weighted by Crippen LogP contribution is 2.58. The number of hydrogen-bond donors (Lipinski definition) is 1. The highest BCUT2D eigenvalue weighted by molar-refractivity contribution is 7.57. The van der Waals surface area contributed by atoms with Crippen LogP contribution in [0.25, 0.3) is 10.1 Å². The number of ether oxygens (including phenoxy) is 2. The first-order chi connectivity index (χ1) is 18.7. The van der Waals surface area contributed by atoms with Crippen LogP contribution in [-0.4, -0.2) is 44.8 Å². The Morgan fingerprint density at radius 1 is 1.21 bits per heavy atom. The molecule has 0 amide bonds. The minimum Gasteiger partial charge on any atom is -0.457 e. The van der Waals surface area contributed by atoms with E-state index in [9.17, 15) is 14.2 Å². The summed E-state index contributed by atoms with van der Waals surface area (Å²) in [7, 11) is -2.84. The van der Waals surface area contributed by atoms with Crippen molar-refractivity contribution >= 4 is 40.9 Å². The van der Waals surface area contributed by atoms with Crippen LogP contribution in [0.15, 0.2) is 67.3 Å². The largest absolute Gasteiger partial charge is 0.457 e. The molecule has 4 rings (SSSR count). The van der Waals surface area contributed by atoms with E-state index in [-0.39, 0.29) is 24.5 Å². The molecule has 0 fully saturated rings. The normalized spacial score (nSPS) is 14.2. The molecule has 0 saturated heterocycles. The average molecular weight is 574 g/mol. The van der Waals surface area contributed by atoms with Gasteiger partial charge in [0.1, 0.15) is 23.3 Å². The number of tetrazole rings is 1. The topological polar surface area (TPSA) is 135 Å². The Kier molecular flexibility index (Phi) is 8.85. The number of nitrogens with zero attached hydrogens (tertiary/aromatic N) is 4. The molecule has 11 nitrogen and oxygen atoms in total. The van der Waals surface area contributed by atoms with E-state index in [1.54, 1.807) is 37.4 Å². The first kappa shape index (κ1) is 28.1. The summed E-state index contributed by atoms with van der Waals surface area (Å²) in [5.41, 5.74) is 0.0313. The van der Waals surface area contributed by atoms with Crippen LogP contribution in [0, 0.1) is 0 Å². The van der Waals surface area contributed by atoms with Crippen molar-refractivity contribution in [2.45, 2.75) is 25.5 Å². The molecule has 0 aliphatic carbocycles. The quantitative estimate of drug-likeness (QED) is 0.144. The Bertz CT molecular complexity index is 1530. The number of aryl methyl sites for hydroxylation is 1. The Balaban J connectivity index is 1.57. The van der Waals surface area contributed by atoms with Crippen LogP contribution in [0.3, 0.4) is 0 Å². The number of carbonyl (C=O) groups excluding carboxylic acids is 2. The minimum atomic E-state index is -4.42. The standard InChI is InChI=1S/C25H25FN5O6PS/c1-4-12-35-25(33)21-14-18-13-17(10-11-20(18)39-21)23(26)38(34,37-19-8-6-5-7-9-19)28-16(2)24(32)36-15-22-27-29-30-31(22)3/h4-11,13-14,16,23H,1,12,15H2,2-3H3,(H,28,34)/t16-,23?,38?/m0/s1. The molecular weight excluding hydrogens is 548 g/mol. The molecule has 0 aliphatic rings. The number of nitrogens with one attached hydrogen (secondary N) is 1. The summed E-state index contributed by atoms with van der Waals surface area (Å²) in [5.74, 6) is -3.07. The molecule has 3 atom stereocenters. The summed E-state index contributed by atoms with van der Waals surface area (Å²) in [4.78, 5) is 25.2. The molecule has 1 N–H and O–H groups in total. The summed E-state index contributed by atoms with van der Waals surface area (Å²) < 4.78 is 48.1. The molecule has 2 aromatic heterocycles. The van der Waals surface area contributed by atoms with Gasteiger partial charge in [-0.15, -0.1) is 16.4 Å².